The van der Waals surface area contributed by atoms with Gasteiger partial charge in [-0.15, -0.1) is 0 Å². The molecule has 2 saturated heterocycles. The van der Waals surface area contributed by atoms with E-state index in [-0.39, 0.29) is 23.0 Å². The smallest absolute Gasteiger partial charge is 0.263 e. The lowest BCUT2D eigenvalue weighted by atomic mass is 9.62. The first-order valence-corrected chi connectivity index (χ1v) is 11.8. The topological polar surface area (TPSA) is 108 Å². The number of nitrogens with one attached hydrogen (secondary N) is 1. The molecule has 2 aliphatic heterocycles. The number of anilines is 1. The van der Waals surface area contributed by atoms with Gasteiger partial charge in [-0.3, -0.25) is 9.20 Å². The number of hydrogen-bond acceptors (Lipinski definition) is 7. The molecule has 174 valence electrons. The van der Waals surface area contributed by atoms with E-state index in [9.17, 15) is 4.79 Å². The van der Waals surface area contributed by atoms with E-state index in [0.29, 0.717) is 35.3 Å². The lowest BCUT2D eigenvalue weighted by Crippen LogP contribution is -2.45. The fourth-order valence-corrected chi connectivity index (χ4v) is 5.82. The van der Waals surface area contributed by atoms with Gasteiger partial charge in [0.05, 0.1) is 24.1 Å². The maximum absolute atomic E-state index is 13.4. The fraction of sp³-hybridized carbons (Fsp3) is 0.458. The molecular weight excluding hydrogens is 434 g/mol. The Morgan fingerprint density at radius 2 is 2.09 bits per heavy atom. The molecule has 0 atom stereocenters. The van der Waals surface area contributed by atoms with E-state index in [1.165, 1.54) is 0 Å². The SMILES string of the molecule is CC12CC(c3cn4cc(C(=O)Nc5cnc6cccnn56)c(OC5CCCC5)nc4n3)(CO1)C2. The van der Waals surface area contributed by atoms with Crippen molar-refractivity contribution in [2.24, 2.45) is 0 Å². The normalized spacial score (nSPS) is 26.3. The summed E-state index contributed by atoms with van der Waals surface area (Å²) in [5.41, 5.74) is 1.88. The average Bonchev–Trinajstić information content (AvgIpc) is 3.61. The van der Waals surface area contributed by atoms with Gasteiger partial charge in [0.1, 0.15) is 11.7 Å². The lowest BCUT2D eigenvalue weighted by molar-refractivity contribution is 0.0154. The summed E-state index contributed by atoms with van der Waals surface area (Å²) >= 11 is 0. The van der Waals surface area contributed by atoms with E-state index in [0.717, 1.165) is 44.2 Å². The second-order valence-electron chi connectivity index (χ2n) is 10.1. The van der Waals surface area contributed by atoms with E-state index < -0.39 is 0 Å². The zero-order chi connectivity index (χ0) is 22.9. The number of carbonyl (C=O) groups excluding carboxylic acids is 1. The molecule has 0 radical (unpaired) electrons. The predicted octanol–water partition coefficient (Wildman–Crippen LogP) is 3.17. The van der Waals surface area contributed by atoms with Crippen LogP contribution in [0.1, 0.15) is 61.5 Å². The van der Waals surface area contributed by atoms with Gasteiger partial charge in [0.2, 0.25) is 11.7 Å². The molecule has 0 unspecified atom stereocenters. The van der Waals surface area contributed by atoms with Crippen molar-refractivity contribution in [2.45, 2.75) is 62.6 Å². The molecule has 34 heavy (non-hydrogen) atoms. The Kier molecular flexibility index (Phi) is 4.09. The van der Waals surface area contributed by atoms with Crippen LogP contribution in [0, 0.1) is 0 Å². The Labute approximate surface area is 195 Å². The first-order chi connectivity index (χ1) is 16.5. The Hall–Kier alpha value is -3.53. The van der Waals surface area contributed by atoms with Gasteiger partial charge in [-0.2, -0.15) is 14.6 Å². The fourth-order valence-electron chi connectivity index (χ4n) is 5.82. The summed E-state index contributed by atoms with van der Waals surface area (Å²) in [6.07, 6.45) is 13.1. The second-order valence-corrected chi connectivity index (χ2v) is 10.1. The van der Waals surface area contributed by atoms with Crippen molar-refractivity contribution in [1.29, 1.82) is 0 Å². The molecule has 0 spiro atoms. The van der Waals surface area contributed by atoms with Crippen LogP contribution in [0.15, 0.2) is 36.9 Å². The molecule has 2 aliphatic carbocycles. The van der Waals surface area contributed by atoms with Gasteiger partial charge in [0.15, 0.2) is 11.5 Å². The van der Waals surface area contributed by atoms with Crippen molar-refractivity contribution in [3.05, 3.63) is 48.2 Å². The summed E-state index contributed by atoms with van der Waals surface area (Å²) in [7, 11) is 0. The van der Waals surface area contributed by atoms with Gasteiger partial charge >= 0.3 is 0 Å². The Morgan fingerprint density at radius 3 is 2.88 bits per heavy atom. The number of ether oxygens (including phenoxy) is 2. The van der Waals surface area contributed by atoms with Crippen molar-refractivity contribution >= 4 is 23.1 Å². The third-order valence-corrected chi connectivity index (χ3v) is 7.42. The number of nitrogens with zero attached hydrogens (tertiary/aromatic N) is 6. The molecule has 1 amide bonds. The molecule has 4 aromatic rings. The van der Waals surface area contributed by atoms with Gasteiger partial charge in [0, 0.05) is 24.0 Å². The average molecular weight is 460 g/mol. The summed E-state index contributed by atoms with van der Waals surface area (Å²) in [5, 5.41) is 7.19. The molecule has 6 heterocycles. The summed E-state index contributed by atoms with van der Waals surface area (Å²) < 4.78 is 15.6. The lowest BCUT2D eigenvalue weighted by Gasteiger charge is -2.41. The van der Waals surface area contributed by atoms with Crippen molar-refractivity contribution < 1.29 is 14.3 Å². The largest absolute Gasteiger partial charge is 0.474 e. The zero-order valence-electron chi connectivity index (χ0n) is 18.9. The molecule has 4 aliphatic rings. The molecule has 8 rings (SSSR count). The van der Waals surface area contributed by atoms with E-state index in [4.69, 9.17) is 19.4 Å². The minimum Gasteiger partial charge on any atom is -0.474 e. The third kappa shape index (κ3) is 3.01. The molecule has 4 aromatic heterocycles. The highest BCUT2D eigenvalue weighted by atomic mass is 16.5. The van der Waals surface area contributed by atoms with Crippen LogP contribution < -0.4 is 10.1 Å². The molecule has 10 heteroatoms. The minimum atomic E-state index is -0.330. The maximum Gasteiger partial charge on any atom is 0.263 e. The van der Waals surface area contributed by atoms with Gasteiger partial charge in [0.25, 0.3) is 5.91 Å². The first-order valence-electron chi connectivity index (χ1n) is 11.8. The number of hydrogen-bond donors (Lipinski definition) is 1. The zero-order valence-corrected chi connectivity index (χ0v) is 18.9. The number of amides is 1. The summed E-state index contributed by atoms with van der Waals surface area (Å²) in [6.45, 7) is 2.82. The third-order valence-electron chi connectivity index (χ3n) is 7.42. The Balaban J connectivity index is 1.26. The number of imidazole rings is 2. The van der Waals surface area contributed by atoms with Crippen LogP contribution in [-0.4, -0.2) is 53.2 Å². The molecule has 1 N–H and O–H groups in total. The van der Waals surface area contributed by atoms with Crippen molar-refractivity contribution in [1.82, 2.24) is 29.0 Å². The molecule has 0 aromatic carbocycles. The summed E-state index contributed by atoms with van der Waals surface area (Å²) in [4.78, 5) is 27.2. The number of fused-ring (bicyclic) bond motifs is 3. The number of carbonyl (C=O) groups is 1. The van der Waals surface area contributed by atoms with Gasteiger partial charge in [-0.05, 0) is 57.6 Å². The number of rotatable bonds is 5. The molecule has 2 saturated carbocycles. The number of aromatic nitrogens is 6. The monoisotopic (exact) mass is 459 g/mol. The van der Waals surface area contributed by atoms with E-state index in [1.807, 2.05) is 16.7 Å². The van der Waals surface area contributed by atoms with Crippen LogP contribution in [-0.2, 0) is 10.2 Å². The minimum absolute atomic E-state index is 0.0346. The van der Waals surface area contributed by atoms with Gasteiger partial charge < -0.3 is 14.8 Å². The standard InChI is InChI=1S/C24H25N7O3/c1-23-12-24(13-23,14-33-23)17-11-30-10-16(21(29-22(30)27-17)34-15-5-2-3-6-15)20(32)28-19-9-25-18-7-4-8-26-31(18)19/h4,7-11,15H,2-3,5-6,12-14H2,1H3,(H,28,32). The molecule has 4 fully saturated rings. The van der Waals surface area contributed by atoms with E-state index >= 15 is 0 Å². The highest BCUT2D eigenvalue weighted by molar-refractivity contribution is 6.05. The highest BCUT2D eigenvalue weighted by Gasteiger charge is 2.61. The predicted molar refractivity (Wildman–Crippen MR) is 122 cm³/mol. The van der Waals surface area contributed by atoms with Crippen molar-refractivity contribution in [2.75, 3.05) is 11.9 Å². The van der Waals surface area contributed by atoms with Crippen LogP contribution in [0.25, 0.3) is 11.4 Å². The van der Waals surface area contributed by atoms with Crippen LogP contribution in [0.3, 0.4) is 0 Å². The van der Waals surface area contributed by atoms with Crippen LogP contribution in [0.5, 0.6) is 5.88 Å². The van der Waals surface area contributed by atoms with Crippen molar-refractivity contribution in [3.63, 3.8) is 0 Å². The molecule has 10 nitrogen and oxygen atoms in total. The van der Waals surface area contributed by atoms with Crippen LogP contribution in [0.2, 0.25) is 0 Å². The highest BCUT2D eigenvalue weighted by Crippen LogP contribution is 2.58. The second kappa shape index (κ2) is 6.99. The Morgan fingerprint density at radius 1 is 1.24 bits per heavy atom. The van der Waals surface area contributed by atoms with E-state index in [1.54, 1.807) is 29.2 Å². The summed E-state index contributed by atoms with van der Waals surface area (Å²) in [6, 6.07) is 3.63. The van der Waals surface area contributed by atoms with Crippen LogP contribution in [0.4, 0.5) is 5.82 Å². The maximum atomic E-state index is 13.4. The first kappa shape index (κ1) is 19.9. The van der Waals surface area contributed by atoms with Crippen molar-refractivity contribution in [3.8, 4) is 5.88 Å². The summed E-state index contributed by atoms with van der Waals surface area (Å²) in [5.74, 6) is 0.999. The molecule has 2 bridgehead atoms. The molecular formula is C24H25N7O3. The quantitative estimate of drug-likeness (QED) is 0.488. The van der Waals surface area contributed by atoms with Gasteiger partial charge in [-0.1, -0.05) is 0 Å². The van der Waals surface area contributed by atoms with E-state index in [2.05, 4.69) is 22.3 Å². The van der Waals surface area contributed by atoms with Crippen LogP contribution >= 0.6 is 0 Å². The Bertz CT molecular complexity index is 1430. The van der Waals surface area contributed by atoms with Gasteiger partial charge in [-0.25, -0.2) is 9.97 Å².